The van der Waals surface area contributed by atoms with E-state index < -0.39 is 0 Å². The van der Waals surface area contributed by atoms with Crippen LogP contribution in [0.25, 0.3) is 0 Å². The molecule has 0 radical (unpaired) electrons. The number of nitrogens with one attached hydrogen (secondary N) is 1. The van der Waals surface area contributed by atoms with Gasteiger partial charge < -0.3 is 15.8 Å². The molecule has 124 valence electrons. The number of Topliss-reactive ketones (excluding diaryl/α,β-unsaturated/α-hetero) is 1. The van der Waals surface area contributed by atoms with Gasteiger partial charge in [0.1, 0.15) is 17.4 Å². The molecule has 1 aromatic carbocycles. The fourth-order valence-electron chi connectivity index (χ4n) is 1.75. The van der Waals surface area contributed by atoms with Gasteiger partial charge in [0.2, 0.25) is 5.13 Å². The average molecular weight is 361 g/mol. The van der Waals surface area contributed by atoms with Crippen molar-refractivity contribution in [1.82, 2.24) is 10.2 Å². The lowest BCUT2D eigenvalue weighted by molar-refractivity contribution is -0.112. The highest BCUT2D eigenvalue weighted by molar-refractivity contribution is 8.01. The van der Waals surface area contributed by atoms with E-state index in [0.29, 0.717) is 15.2 Å². The lowest BCUT2D eigenvalue weighted by atomic mass is 10.2. The number of nitrogens with zero attached hydrogens (tertiary/aromatic N) is 3. The molecule has 0 saturated heterocycles. The number of methoxy groups -OCH3 is 1. The van der Waals surface area contributed by atoms with Crippen molar-refractivity contribution in [2.45, 2.75) is 11.3 Å². The molecule has 3 N–H and O–H groups in total. The van der Waals surface area contributed by atoms with E-state index in [4.69, 9.17) is 15.7 Å². The molecule has 0 atom stereocenters. The van der Waals surface area contributed by atoms with Crippen molar-refractivity contribution in [3.05, 3.63) is 35.5 Å². The zero-order chi connectivity index (χ0) is 17.5. The number of para-hydroxylation sites is 2. The van der Waals surface area contributed by atoms with Crippen LogP contribution in [0.5, 0.6) is 5.75 Å². The van der Waals surface area contributed by atoms with Crippen molar-refractivity contribution in [2.24, 2.45) is 5.73 Å². The molecule has 0 unspecified atom stereocenters. The predicted molar refractivity (Wildman–Crippen MR) is 94.4 cm³/mol. The number of carbonyl (C=O) groups is 1. The first-order valence-electron chi connectivity index (χ1n) is 6.81. The standard InChI is InChI=1S/C15H15N5O2S2/c1-9(17)10(7-16)12(21)8-23-15-20-19-14(24-15)18-11-5-3-4-6-13(11)22-2/h3-6H,8,17H2,1-2H3,(H,18,19)/b10-9+. The Morgan fingerprint density at radius 1 is 1.46 bits per heavy atom. The van der Waals surface area contributed by atoms with Gasteiger partial charge in [0.25, 0.3) is 0 Å². The molecule has 7 nitrogen and oxygen atoms in total. The van der Waals surface area contributed by atoms with Gasteiger partial charge in [-0.3, -0.25) is 4.79 Å². The topological polar surface area (TPSA) is 114 Å². The van der Waals surface area contributed by atoms with Gasteiger partial charge in [-0.05, 0) is 19.1 Å². The SMILES string of the molecule is COc1ccccc1Nc1nnc(SCC(=O)/C(C#N)=C(\C)N)s1. The van der Waals surface area contributed by atoms with Gasteiger partial charge in [-0.15, -0.1) is 10.2 Å². The summed E-state index contributed by atoms with van der Waals surface area (Å²) in [7, 11) is 1.59. The van der Waals surface area contributed by atoms with E-state index in [1.165, 1.54) is 30.0 Å². The number of ketones is 1. The third-order valence-electron chi connectivity index (χ3n) is 2.87. The second-order valence-corrected chi connectivity index (χ2v) is 6.78. The number of thioether (sulfide) groups is 1. The van der Waals surface area contributed by atoms with Gasteiger partial charge in [-0.1, -0.05) is 35.2 Å². The fourth-order valence-corrected chi connectivity index (χ4v) is 3.39. The van der Waals surface area contributed by atoms with Gasteiger partial charge in [0.15, 0.2) is 10.1 Å². The molecule has 1 aromatic heterocycles. The lowest BCUT2D eigenvalue weighted by Gasteiger charge is -2.07. The number of allylic oxidation sites excluding steroid dienone is 2. The predicted octanol–water partition coefficient (Wildman–Crippen LogP) is 2.71. The van der Waals surface area contributed by atoms with Crippen molar-refractivity contribution in [1.29, 1.82) is 5.26 Å². The molecule has 24 heavy (non-hydrogen) atoms. The van der Waals surface area contributed by atoms with Crippen LogP contribution in [0.1, 0.15) is 6.92 Å². The molecule has 0 saturated carbocycles. The van der Waals surface area contributed by atoms with Crippen molar-refractivity contribution < 1.29 is 9.53 Å². The van der Waals surface area contributed by atoms with Gasteiger partial charge in [-0.2, -0.15) is 5.26 Å². The molecular formula is C15H15N5O2S2. The Kier molecular flexibility index (Phi) is 6.17. The summed E-state index contributed by atoms with van der Waals surface area (Å²) in [5, 5.41) is 20.7. The molecule has 0 aliphatic carbocycles. The Morgan fingerprint density at radius 3 is 2.88 bits per heavy atom. The summed E-state index contributed by atoms with van der Waals surface area (Å²) >= 11 is 2.52. The Balaban J connectivity index is 2.00. The molecule has 0 aliphatic rings. The molecular weight excluding hydrogens is 346 g/mol. The number of carbonyl (C=O) groups excluding carboxylic acids is 1. The summed E-state index contributed by atoms with van der Waals surface area (Å²) in [6.07, 6.45) is 0. The largest absolute Gasteiger partial charge is 0.495 e. The number of anilines is 2. The van der Waals surface area contributed by atoms with Crippen LogP contribution in [0.3, 0.4) is 0 Å². The summed E-state index contributed by atoms with van der Waals surface area (Å²) in [4.78, 5) is 11.9. The van der Waals surface area contributed by atoms with Gasteiger partial charge in [0.05, 0.1) is 18.6 Å². The molecule has 2 aromatic rings. The van der Waals surface area contributed by atoms with Crippen molar-refractivity contribution >= 4 is 39.7 Å². The van der Waals surface area contributed by atoms with E-state index in [-0.39, 0.29) is 22.8 Å². The van der Waals surface area contributed by atoms with Crippen molar-refractivity contribution in [3.8, 4) is 11.8 Å². The molecule has 1 heterocycles. The maximum absolute atomic E-state index is 11.9. The number of nitrogens with two attached hydrogens (primary N) is 1. The normalized spacial score (nSPS) is 11.4. The second kappa shape index (κ2) is 8.33. The Hall–Kier alpha value is -2.57. The van der Waals surface area contributed by atoms with Crippen LogP contribution < -0.4 is 15.8 Å². The van der Waals surface area contributed by atoms with Crippen LogP contribution in [0.4, 0.5) is 10.8 Å². The first kappa shape index (κ1) is 17.8. The van der Waals surface area contributed by atoms with E-state index in [1.807, 2.05) is 30.3 Å². The lowest BCUT2D eigenvalue weighted by Crippen LogP contribution is -2.10. The number of ether oxygens (including phenoxy) is 1. The minimum absolute atomic E-state index is 0.0145. The number of rotatable bonds is 7. The summed E-state index contributed by atoms with van der Waals surface area (Å²) in [5.74, 6) is 0.456. The zero-order valence-corrected chi connectivity index (χ0v) is 14.7. The Bertz CT molecular complexity index is 806. The number of hydrogen-bond acceptors (Lipinski definition) is 9. The number of nitriles is 1. The zero-order valence-electron chi connectivity index (χ0n) is 13.1. The molecule has 9 heteroatoms. The third-order valence-corrected chi connectivity index (χ3v) is 4.84. The van der Waals surface area contributed by atoms with E-state index in [0.717, 1.165) is 5.69 Å². The van der Waals surface area contributed by atoms with E-state index in [9.17, 15) is 4.79 Å². The molecule has 0 amide bonds. The van der Waals surface area contributed by atoms with E-state index in [1.54, 1.807) is 7.11 Å². The van der Waals surface area contributed by atoms with Gasteiger partial charge >= 0.3 is 0 Å². The fraction of sp³-hybridized carbons (Fsp3) is 0.200. The minimum Gasteiger partial charge on any atom is -0.495 e. The molecule has 0 fully saturated rings. The smallest absolute Gasteiger partial charge is 0.210 e. The Morgan fingerprint density at radius 2 is 2.21 bits per heavy atom. The quantitative estimate of drug-likeness (QED) is 0.439. The van der Waals surface area contributed by atoms with Crippen LogP contribution in [-0.4, -0.2) is 28.8 Å². The maximum Gasteiger partial charge on any atom is 0.210 e. The summed E-state index contributed by atoms with van der Waals surface area (Å²) in [5.41, 5.74) is 6.50. The highest BCUT2D eigenvalue weighted by Gasteiger charge is 2.14. The average Bonchev–Trinajstić information content (AvgIpc) is 3.01. The first-order chi connectivity index (χ1) is 11.5. The summed E-state index contributed by atoms with van der Waals surface area (Å²) in [6, 6.07) is 9.27. The maximum atomic E-state index is 11.9. The van der Waals surface area contributed by atoms with Crippen molar-refractivity contribution in [3.63, 3.8) is 0 Å². The van der Waals surface area contributed by atoms with Gasteiger partial charge in [0, 0.05) is 5.70 Å². The minimum atomic E-state index is -0.322. The summed E-state index contributed by atoms with van der Waals surface area (Å²) in [6.45, 7) is 1.53. The van der Waals surface area contributed by atoms with Crippen LogP contribution in [0.15, 0.2) is 39.9 Å². The highest BCUT2D eigenvalue weighted by atomic mass is 32.2. The van der Waals surface area contributed by atoms with Crippen molar-refractivity contribution in [2.75, 3.05) is 18.2 Å². The first-order valence-corrected chi connectivity index (χ1v) is 8.61. The second-order valence-electron chi connectivity index (χ2n) is 4.58. The van der Waals surface area contributed by atoms with Crippen LogP contribution in [-0.2, 0) is 4.79 Å². The van der Waals surface area contributed by atoms with E-state index in [2.05, 4.69) is 15.5 Å². The monoisotopic (exact) mass is 361 g/mol. The highest BCUT2D eigenvalue weighted by Crippen LogP contribution is 2.31. The molecule has 2 rings (SSSR count). The molecule has 0 aliphatic heterocycles. The molecule has 0 spiro atoms. The van der Waals surface area contributed by atoms with Crippen LogP contribution in [0.2, 0.25) is 0 Å². The third kappa shape index (κ3) is 4.47. The Labute approximate surface area is 147 Å². The van der Waals surface area contributed by atoms with E-state index >= 15 is 0 Å². The van der Waals surface area contributed by atoms with Crippen LogP contribution in [0, 0.1) is 11.3 Å². The number of benzene rings is 1. The molecule has 0 bridgehead atoms. The number of aromatic nitrogens is 2. The van der Waals surface area contributed by atoms with Crippen LogP contribution >= 0.6 is 23.1 Å². The summed E-state index contributed by atoms with van der Waals surface area (Å²) < 4.78 is 5.88. The number of hydrogen-bond donors (Lipinski definition) is 2. The van der Waals surface area contributed by atoms with Gasteiger partial charge in [-0.25, -0.2) is 0 Å².